The number of pyridine rings is 1. The average molecular weight is 259 g/mol. The van der Waals surface area contributed by atoms with Crippen LogP contribution in [-0.2, 0) is 0 Å². The predicted molar refractivity (Wildman–Crippen MR) is 69.0 cm³/mol. The minimum atomic E-state index is 0. The van der Waals surface area contributed by atoms with E-state index in [4.69, 9.17) is 4.74 Å². The van der Waals surface area contributed by atoms with Crippen molar-refractivity contribution in [3.05, 3.63) is 54.9 Å². The Hall–Kier alpha value is -1.25. The topological polar surface area (TPSA) is 13.1 Å². The molecule has 0 amide bonds. The van der Waals surface area contributed by atoms with Gasteiger partial charge in [0.25, 0.3) is 0 Å². The van der Waals surface area contributed by atoms with Gasteiger partial charge < -0.3 is 4.74 Å². The minimum absolute atomic E-state index is 0. The van der Waals surface area contributed by atoms with E-state index in [1.54, 1.807) is 7.11 Å². The molecule has 4 heteroatoms. The van der Waals surface area contributed by atoms with Gasteiger partial charge in [0.05, 0.1) is 7.11 Å². The third-order valence-electron chi connectivity index (χ3n) is 2.09. The van der Waals surface area contributed by atoms with E-state index in [0.29, 0.717) is 0 Å². The molecule has 1 heterocycles. The van der Waals surface area contributed by atoms with Crippen LogP contribution < -0.4 is 9.30 Å². The van der Waals surface area contributed by atoms with E-state index in [0.717, 1.165) is 11.4 Å². The van der Waals surface area contributed by atoms with Gasteiger partial charge in [0.1, 0.15) is 5.75 Å². The van der Waals surface area contributed by atoms with Crippen molar-refractivity contribution in [1.82, 2.24) is 0 Å². The van der Waals surface area contributed by atoms with Crippen LogP contribution >= 0.6 is 24.8 Å². The molecule has 0 aliphatic rings. The van der Waals surface area contributed by atoms with Gasteiger partial charge in [-0.15, -0.1) is 24.8 Å². The molecule has 0 N–H and O–H groups in total. The van der Waals surface area contributed by atoms with Gasteiger partial charge in [0.2, 0.25) is 5.69 Å². The summed E-state index contributed by atoms with van der Waals surface area (Å²) in [6, 6.07) is 14.0. The number of rotatable bonds is 2. The Morgan fingerprint density at radius 1 is 0.875 bits per heavy atom. The van der Waals surface area contributed by atoms with Crippen LogP contribution in [0.4, 0.5) is 0 Å². The van der Waals surface area contributed by atoms with E-state index in [1.807, 2.05) is 54.9 Å². The maximum atomic E-state index is 5.10. The lowest BCUT2D eigenvalue weighted by Crippen LogP contribution is -2.28. The highest BCUT2D eigenvalue weighted by atomic mass is 35.5. The average Bonchev–Trinajstić information content (AvgIpc) is 2.30. The predicted octanol–water partition coefficient (Wildman–Crippen LogP) is 2.82. The fraction of sp³-hybridized carbons (Fsp3) is 0.0833. The quantitative estimate of drug-likeness (QED) is 0.756. The molecule has 0 radical (unpaired) electrons. The number of benzene rings is 1. The lowest BCUT2D eigenvalue weighted by Gasteiger charge is -1.98. The van der Waals surface area contributed by atoms with Crippen molar-refractivity contribution < 1.29 is 9.30 Å². The number of hydrogen-bond donors (Lipinski definition) is 0. The SMILES string of the molecule is COc1ccc(-[n+]2ccccc2)cc1.Cl.Cl. The van der Waals surface area contributed by atoms with Crippen molar-refractivity contribution in [2.45, 2.75) is 0 Å². The van der Waals surface area contributed by atoms with E-state index in [9.17, 15) is 0 Å². The first-order valence-electron chi connectivity index (χ1n) is 4.51. The molecule has 2 nitrogen and oxygen atoms in total. The van der Waals surface area contributed by atoms with Crippen molar-refractivity contribution in [3.8, 4) is 11.4 Å². The molecule has 0 saturated carbocycles. The van der Waals surface area contributed by atoms with Crippen molar-refractivity contribution in [1.29, 1.82) is 0 Å². The van der Waals surface area contributed by atoms with Gasteiger partial charge in [0, 0.05) is 24.3 Å². The van der Waals surface area contributed by atoms with Crippen molar-refractivity contribution >= 4 is 24.8 Å². The van der Waals surface area contributed by atoms with Crippen LogP contribution in [0.1, 0.15) is 0 Å². The number of aromatic nitrogens is 1. The maximum Gasteiger partial charge on any atom is 0.210 e. The summed E-state index contributed by atoms with van der Waals surface area (Å²) in [6.07, 6.45) is 4.03. The van der Waals surface area contributed by atoms with E-state index in [1.165, 1.54) is 0 Å². The zero-order chi connectivity index (χ0) is 9.80. The Morgan fingerprint density at radius 3 is 1.94 bits per heavy atom. The van der Waals surface area contributed by atoms with Crippen LogP contribution in [0.15, 0.2) is 54.9 Å². The Labute approximate surface area is 108 Å². The zero-order valence-corrected chi connectivity index (χ0v) is 10.5. The molecule has 0 bridgehead atoms. The summed E-state index contributed by atoms with van der Waals surface area (Å²) in [5.41, 5.74) is 1.13. The number of ether oxygens (including phenoxy) is 1. The Kier molecular flexibility index (Phi) is 6.54. The number of methoxy groups -OCH3 is 1. The van der Waals surface area contributed by atoms with Gasteiger partial charge in [-0.2, -0.15) is 4.57 Å². The number of hydrogen-bond acceptors (Lipinski definition) is 1. The van der Waals surface area contributed by atoms with Crippen molar-refractivity contribution in [3.63, 3.8) is 0 Å². The van der Waals surface area contributed by atoms with Crippen LogP contribution in [0.2, 0.25) is 0 Å². The molecule has 0 saturated heterocycles. The molecular weight excluding hydrogens is 245 g/mol. The molecule has 86 valence electrons. The molecule has 0 atom stereocenters. The maximum absolute atomic E-state index is 5.10. The standard InChI is InChI=1S/C12H12NO.2ClH/c1-14-12-7-5-11(6-8-12)13-9-3-2-4-10-13;;/h2-10H,1H3;2*1H/q+1;;. The Bertz CT molecular complexity index is 403. The zero-order valence-electron chi connectivity index (χ0n) is 8.87. The third-order valence-corrected chi connectivity index (χ3v) is 2.09. The van der Waals surface area contributed by atoms with Gasteiger partial charge >= 0.3 is 0 Å². The van der Waals surface area contributed by atoms with Crippen LogP contribution in [0.25, 0.3) is 5.69 Å². The molecule has 0 unspecified atom stereocenters. The van der Waals surface area contributed by atoms with Gasteiger partial charge in [-0.1, -0.05) is 6.07 Å². The number of halogens is 2. The smallest absolute Gasteiger partial charge is 0.210 e. The largest absolute Gasteiger partial charge is 0.497 e. The van der Waals surface area contributed by atoms with Gasteiger partial charge in [0.15, 0.2) is 12.4 Å². The summed E-state index contributed by atoms with van der Waals surface area (Å²) < 4.78 is 7.15. The second-order valence-corrected chi connectivity index (χ2v) is 2.98. The highest BCUT2D eigenvalue weighted by Gasteiger charge is 2.02. The number of nitrogens with zero attached hydrogens (tertiary/aromatic N) is 1. The first-order chi connectivity index (χ1) is 6.90. The summed E-state index contributed by atoms with van der Waals surface area (Å²) in [6.45, 7) is 0. The molecule has 0 fully saturated rings. The highest BCUT2D eigenvalue weighted by molar-refractivity contribution is 5.85. The minimum Gasteiger partial charge on any atom is -0.497 e. The fourth-order valence-corrected chi connectivity index (χ4v) is 1.33. The second-order valence-electron chi connectivity index (χ2n) is 2.98. The Balaban J connectivity index is 0.00000112. The monoisotopic (exact) mass is 258 g/mol. The fourth-order valence-electron chi connectivity index (χ4n) is 1.33. The van der Waals surface area contributed by atoms with E-state index >= 15 is 0 Å². The first kappa shape index (κ1) is 14.8. The molecule has 16 heavy (non-hydrogen) atoms. The molecule has 1 aromatic heterocycles. The van der Waals surface area contributed by atoms with Crippen molar-refractivity contribution in [2.24, 2.45) is 0 Å². The molecule has 2 rings (SSSR count). The third kappa shape index (κ3) is 3.40. The molecule has 0 spiro atoms. The van der Waals surface area contributed by atoms with Crippen LogP contribution in [0, 0.1) is 0 Å². The van der Waals surface area contributed by atoms with Crippen LogP contribution in [0.5, 0.6) is 5.75 Å². The molecule has 0 aliphatic heterocycles. The lowest BCUT2D eigenvalue weighted by molar-refractivity contribution is -0.595. The summed E-state index contributed by atoms with van der Waals surface area (Å²) in [7, 11) is 1.67. The molecular formula is C12H14Cl2NO+. The molecule has 0 aliphatic carbocycles. The van der Waals surface area contributed by atoms with Gasteiger partial charge in [-0.25, -0.2) is 0 Å². The lowest BCUT2D eigenvalue weighted by atomic mass is 10.3. The van der Waals surface area contributed by atoms with Crippen LogP contribution in [-0.4, -0.2) is 7.11 Å². The summed E-state index contributed by atoms with van der Waals surface area (Å²) in [5, 5.41) is 0. The first-order valence-corrected chi connectivity index (χ1v) is 4.51. The highest BCUT2D eigenvalue weighted by Crippen LogP contribution is 2.10. The van der Waals surface area contributed by atoms with E-state index < -0.39 is 0 Å². The second kappa shape index (κ2) is 7.09. The van der Waals surface area contributed by atoms with Crippen molar-refractivity contribution in [2.75, 3.05) is 7.11 Å². The van der Waals surface area contributed by atoms with Gasteiger partial charge in [-0.3, -0.25) is 0 Å². The van der Waals surface area contributed by atoms with Crippen LogP contribution in [0.3, 0.4) is 0 Å². The molecule has 1 aromatic carbocycles. The molecule has 2 aromatic rings. The van der Waals surface area contributed by atoms with E-state index in [-0.39, 0.29) is 24.8 Å². The summed E-state index contributed by atoms with van der Waals surface area (Å²) >= 11 is 0. The Morgan fingerprint density at radius 2 is 1.44 bits per heavy atom. The summed E-state index contributed by atoms with van der Waals surface area (Å²) in [5.74, 6) is 0.880. The van der Waals surface area contributed by atoms with Gasteiger partial charge in [-0.05, 0) is 12.1 Å². The normalized spacial score (nSPS) is 8.56. The summed E-state index contributed by atoms with van der Waals surface area (Å²) in [4.78, 5) is 0. The van der Waals surface area contributed by atoms with E-state index in [2.05, 4.69) is 4.57 Å².